The minimum absolute atomic E-state index is 0.0443. The molecule has 0 heterocycles. The van der Waals surface area contributed by atoms with Crippen molar-refractivity contribution in [2.24, 2.45) is 5.84 Å². The van der Waals surface area contributed by atoms with Gasteiger partial charge < -0.3 is 0 Å². The van der Waals surface area contributed by atoms with Crippen molar-refractivity contribution in [1.82, 2.24) is 5.43 Å². The van der Waals surface area contributed by atoms with Crippen LogP contribution in [0, 0.1) is 0 Å². The minimum Gasteiger partial charge on any atom is -0.271 e. The normalized spacial score (nSPS) is 12.4. The van der Waals surface area contributed by atoms with Crippen LogP contribution in [-0.4, -0.2) is 0 Å². The molecule has 19 heavy (non-hydrogen) atoms. The molecule has 0 aliphatic rings. The van der Waals surface area contributed by atoms with Crippen LogP contribution in [-0.2, 0) is 6.42 Å². The van der Waals surface area contributed by atoms with E-state index in [2.05, 4.69) is 49.4 Å². The lowest BCUT2D eigenvalue weighted by molar-refractivity contribution is 0.551. The second-order valence-corrected chi connectivity index (χ2v) is 6.40. The highest BCUT2D eigenvalue weighted by atomic mass is 79.9. The van der Waals surface area contributed by atoms with Crippen LogP contribution in [0.1, 0.15) is 17.2 Å². The number of hydrogen-bond donors (Lipinski definition) is 2. The van der Waals surface area contributed by atoms with Gasteiger partial charge in [0.2, 0.25) is 0 Å². The maximum absolute atomic E-state index is 6.00. The molecular weight excluding hydrogens is 391 g/mol. The molecule has 2 aromatic rings. The predicted octanol–water partition coefficient (Wildman–Crippen LogP) is 4.61. The molecule has 0 spiro atoms. The molecule has 2 rings (SSSR count). The molecule has 100 valence electrons. The van der Waals surface area contributed by atoms with Crippen molar-refractivity contribution in [1.29, 1.82) is 0 Å². The smallest absolute Gasteiger partial charge is 0.0548 e. The molecule has 2 aromatic carbocycles. The molecule has 0 bridgehead atoms. The summed E-state index contributed by atoms with van der Waals surface area (Å²) in [5, 5.41) is 0.696. The summed E-state index contributed by atoms with van der Waals surface area (Å²) in [5.74, 6) is 5.67. The highest BCUT2D eigenvalue weighted by Gasteiger charge is 2.12. The summed E-state index contributed by atoms with van der Waals surface area (Å²) in [6.07, 6.45) is 0.810. The van der Waals surface area contributed by atoms with E-state index in [1.807, 2.05) is 30.3 Å². The van der Waals surface area contributed by atoms with Crippen molar-refractivity contribution in [2.45, 2.75) is 12.5 Å². The number of rotatable bonds is 4. The van der Waals surface area contributed by atoms with Gasteiger partial charge in [0.15, 0.2) is 0 Å². The van der Waals surface area contributed by atoms with E-state index in [9.17, 15) is 0 Å². The number of halogens is 3. The van der Waals surface area contributed by atoms with Gasteiger partial charge in [-0.05, 0) is 57.7 Å². The predicted molar refractivity (Wildman–Crippen MR) is 87.1 cm³/mol. The Morgan fingerprint density at radius 1 is 1.16 bits per heavy atom. The van der Waals surface area contributed by atoms with Crippen LogP contribution in [0.2, 0.25) is 5.02 Å². The zero-order chi connectivity index (χ0) is 13.8. The molecule has 1 unspecified atom stereocenters. The van der Waals surface area contributed by atoms with Crippen LogP contribution in [0.15, 0.2) is 51.4 Å². The molecule has 0 aliphatic heterocycles. The summed E-state index contributed by atoms with van der Waals surface area (Å²) in [6.45, 7) is 0. The first-order valence-corrected chi connectivity index (χ1v) is 7.72. The van der Waals surface area contributed by atoms with Crippen LogP contribution >= 0.6 is 43.5 Å². The Kier molecular flexibility index (Phi) is 5.42. The molecule has 0 amide bonds. The summed E-state index contributed by atoms with van der Waals surface area (Å²) < 4.78 is 1.94. The number of nitrogens with one attached hydrogen (secondary N) is 1. The highest BCUT2D eigenvalue weighted by Crippen LogP contribution is 2.27. The second kappa shape index (κ2) is 6.86. The van der Waals surface area contributed by atoms with Crippen molar-refractivity contribution < 1.29 is 0 Å². The second-order valence-electron chi connectivity index (χ2n) is 4.23. The Morgan fingerprint density at radius 3 is 2.58 bits per heavy atom. The first kappa shape index (κ1) is 15.0. The zero-order valence-electron chi connectivity index (χ0n) is 10.0. The monoisotopic (exact) mass is 402 g/mol. The lowest BCUT2D eigenvalue weighted by atomic mass is 9.99. The van der Waals surface area contributed by atoms with Crippen molar-refractivity contribution >= 4 is 43.5 Å². The lowest BCUT2D eigenvalue weighted by Gasteiger charge is -2.17. The van der Waals surface area contributed by atoms with Crippen LogP contribution in [0.25, 0.3) is 0 Å². The molecule has 0 saturated heterocycles. The van der Waals surface area contributed by atoms with Gasteiger partial charge in [-0.3, -0.25) is 11.3 Å². The number of nitrogens with two attached hydrogens (primary N) is 1. The molecule has 0 aliphatic carbocycles. The Hall–Kier alpha value is -0.390. The van der Waals surface area contributed by atoms with E-state index in [0.29, 0.717) is 5.02 Å². The van der Waals surface area contributed by atoms with Crippen molar-refractivity contribution in [3.8, 4) is 0 Å². The largest absolute Gasteiger partial charge is 0.271 e. The van der Waals surface area contributed by atoms with E-state index in [4.69, 9.17) is 17.4 Å². The third-order valence-electron chi connectivity index (χ3n) is 2.88. The van der Waals surface area contributed by atoms with Gasteiger partial charge in [0, 0.05) is 8.95 Å². The standard InChI is InChI=1S/C14H13Br2ClN2/c15-11-3-1-2-9(6-11)7-14(19-18)10-4-5-13(17)12(16)8-10/h1-6,8,14,19H,7,18H2. The lowest BCUT2D eigenvalue weighted by Crippen LogP contribution is -2.29. The van der Waals surface area contributed by atoms with E-state index < -0.39 is 0 Å². The summed E-state index contributed by atoms with van der Waals surface area (Å²) in [4.78, 5) is 0. The molecule has 1 atom stereocenters. The van der Waals surface area contributed by atoms with Crippen molar-refractivity contribution in [3.05, 3.63) is 67.6 Å². The minimum atomic E-state index is 0.0443. The Labute approximate surface area is 134 Å². The number of hydrogen-bond acceptors (Lipinski definition) is 2. The molecular formula is C14H13Br2ClN2. The number of hydrazine groups is 1. The fourth-order valence-electron chi connectivity index (χ4n) is 1.90. The summed E-state index contributed by atoms with van der Waals surface area (Å²) in [7, 11) is 0. The first-order valence-electron chi connectivity index (χ1n) is 5.75. The molecule has 3 N–H and O–H groups in total. The first-order chi connectivity index (χ1) is 9.10. The quantitative estimate of drug-likeness (QED) is 0.577. The van der Waals surface area contributed by atoms with Gasteiger partial charge in [0.25, 0.3) is 0 Å². The molecule has 0 aromatic heterocycles. The van der Waals surface area contributed by atoms with E-state index in [1.165, 1.54) is 5.56 Å². The Bertz CT molecular complexity index is 575. The maximum Gasteiger partial charge on any atom is 0.0548 e. The molecule has 2 nitrogen and oxygen atoms in total. The van der Waals surface area contributed by atoms with Gasteiger partial charge in [-0.25, -0.2) is 0 Å². The molecule has 5 heteroatoms. The third kappa shape index (κ3) is 4.04. The van der Waals surface area contributed by atoms with Gasteiger partial charge in [0.1, 0.15) is 0 Å². The van der Waals surface area contributed by atoms with Crippen molar-refractivity contribution in [3.63, 3.8) is 0 Å². The Balaban J connectivity index is 2.22. The summed E-state index contributed by atoms with van der Waals surface area (Å²) in [6, 6.07) is 14.1. The SMILES string of the molecule is NNC(Cc1cccc(Br)c1)c1ccc(Cl)c(Br)c1. The summed E-state index contributed by atoms with van der Waals surface area (Å²) >= 11 is 12.9. The number of benzene rings is 2. The molecule has 0 fully saturated rings. The van der Waals surface area contributed by atoms with Gasteiger partial charge in [-0.15, -0.1) is 0 Å². The van der Waals surface area contributed by atoms with Crippen LogP contribution in [0.3, 0.4) is 0 Å². The van der Waals surface area contributed by atoms with Crippen LogP contribution in [0.5, 0.6) is 0 Å². The van der Waals surface area contributed by atoms with E-state index in [0.717, 1.165) is 20.9 Å². The van der Waals surface area contributed by atoms with Gasteiger partial charge >= 0.3 is 0 Å². The van der Waals surface area contributed by atoms with Crippen molar-refractivity contribution in [2.75, 3.05) is 0 Å². The van der Waals surface area contributed by atoms with E-state index in [-0.39, 0.29) is 6.04 Å². The highest BCUT2D eigenvalue weighted by molar-refractivity contribution is 9.10. The maximum atomic E-state index is 6.00. The summed E-state index contributed by atoms with van der Waals surface area (Å²) in [5.41, 5.74) is 5.16. The van der Waals surface area contributed by atoms with E-state index in [1.54, 1.807) is 0 Å². The average molecular weight is 405 g/mol. The van der Waals surface area contributed by atoms with Crippen LogP contribution in [0.4, 0.5) is 0 Å². The van der Waals surface area contributed by atoms with Gasteiger partial charge in [-0.2, -0.15) is 0 Å². The van der Waals surface area contributed by atoms with E-state index >= 15 is 0 Å². The average Bonchev–Trinajstić information content (AvgIpc) is 2.39. The van der Waals surface area contributed by atoms with Gasteiger partial charge in [0.05, 0.1) is 11.1 Å². The third-order valence-corrected chi connectivity index (χ3v) is 4.58. The Morgan fingerprint density at radius 2 is 1.95 bits per heavy atom. The molecule has 0 radical (unpaired) electrons. The van der Waals surface area contributed by atoms with Gasteiger partial charge in [-0.1, -0.05) is 45.7 Å². The fourth-order valence-corrected chi connectivity index (χ4v) is 2.86. The van der Waals surface area contributed by atoms with Crippen LogP contribution < -0.4 is 11.3 Å². The fraction of sp³-hybridized carbons (Fsp3) is 0.143. The molecule has 0 saturated carbocycles. The zero-order valence-corrected chi connectivity index (χ0v) is 14.0. The topological polar surface area (TPSA) is 38.0 Å².